The predicted octanol–water partition coefficient (Wildman–Crippen LogP) is 9.49. The van der Waals surface area contributed by atoms with Crippen molar-refractivity contribution >= 4 is 68.1 Å². The molecule has 0 aliphatic heterocycles. The number of ether oxygens (including phenoxy) is 1. The van der Waals surface area contributed by atoms with Crippen LogP contribution < -0.4 is 14.5 Å². The van der Waals surface area contributed by atoms with Crippen molar-refractivity contribution in [2.45, 2.75) is 31.6 Å². The molecule has 0 saturated carbocycles. The van der Waals surface area contributed by atoms with E-state index in [9.17, 15) is 18.0 Å². The third kappa shape index (κ3) is 13.6. The number of hydrogen-bond donors (Lipinski definition) is 0. The Hall–Kier alpha value is -4.37. The summed E-state index contributed by atoms with van der Waals surface area (Å²) in [5.74, 6) is 1.65. The minimum atomic E-state index is -3.26. The summed E-state index contributed by atoms with van der Waals surface area (Å²) in [6.07, 6.45) is 9.93. The number of nitrogens with zero attached hydrogens (tertiary/aromatic N) is 2. The van der Waals surface area contributed by atoms with E-state index in [-0.39, 0.29) is 16.5 Å². The predicted molar refractivity (Wildman–Crippen MR) is 219 cm³/mol. The minimum absolute atomic E-state index is 0.0438. The summed E-state index contributed by atoms with van der Waals surface area (Å²) >= 11 is 11.7. The molecule has 10 heteroatoms. The Morgan fingerprint density at radius 1 is 0.654 bits per heavy atom. The minimum Gasteiger partial charge on any atom is -0.497 e. The highest BCUT2D eigenvalue weighted by molar-refractivity contribution is 7.90. The van der Waals surface area contributed by atoms with E-state index >= 15 is 0 Å². The van der Waals surface area contributed by atoms with E-state index in [0.29, 0.717) is 28.6 Å². The van der Waals surface area contributed by atoms with Gasteiger partial charge in [0.15, 0.2) is 21.4 Å². The van der Waals surface area contributed by atoms with Crippen molar-refractivity contribution in [1.29, 1.82) is 0 Å². The topological polar surface area (TPSA) is 84.0 Å². The lowest BCUT2D eigenvalue weighted by Gasteiger charge is -2.23. The zero-order valence-electron chi connectivity index (χ0n) is 30.3. The van der Waals surface area contributed by atoms with Crippen LogP contribution in [-0.2, 0) is 9.84 Å². The molecule has 0 aliphatic carbocycles. The van der Waals surface area contributed by atoms with Crippen LogP contribution in [0.5, 0.6) is 5.75 Å². The molecule has 4 aromatic carbocycles. The Morgan fingerprint density at radius 3 is 1.52 bits per heavy atom. The number of anilines is 2. The monoisotopic (exact) mass is 762 g/mol. The van der Waals surface area contributed by atoms with E-state index in [0.717, 1.165) is 67.8 Å². The Morgan fingerprint density at radius 2 is 1.12 bits per heavy atom. The molecule has 0 saturated heterocycles. The number of benzene rings is 4. The van der Waals surface area contributed by atoms with E-state index in [1.807, 2.05) is 54.6 Å². The standard InChI is InChI=1S/C21H24ClNO3S.C21H24ClNO2/c1-3-15-23(16-14-22)19-9-4-17(5-10-19)6-13-21(24)18-7-11-20(12-8-18)27(2,25)26;1-3-14-23(15-13-22)19-10-7-17(8-11-19)9-12-21(24)18-5-4-6-20(16-18)25-2/h4-13H,3,14-16H2,1-2H3;4-12,16H,3,13-15H2,1-2H3/b13-6+;12-9+. The van der Waals surface area contributed by atoms with Crippen molar-refractivity contribution in [3.63, 3.8) is 0 Å². The number of carbonyl (C=O) groups excluding carboxylic acids is 2. The van der Waals surface area contributed by atoms with Gasteiger partial charge in [-0.3, -0.25) is 9.59 Å². The molecule has 0 heterocycles. The fourth-order valence-electron chi connectivity index (χ4n) is 5.26. The first kappa shape index (κ1) is 42.0. The summed E-state index contributed by atoms with van der Waals surface area (Å²) in [5, 5.41) is 0. The number of alkyl halides is 2. The van der Waals surface area contributed by atoms with Crippen LogP contribution in [0.3, 0.4) is 0 Å². The maximum absolute atomic E-state index is 12.3. The summed E-state index contributed by atoms with van der Waals surface area (Å²) in [4.78, 5) is 29.2. The van der Waals surface area contributed by atoms with Crippen LogP contribution in [0.2, 0.25) is 0 Å². The summed E-state index contributed by atoms with van der Waals surface area (Å²) in [6.45, 7) is 7.85. The van der Waals surface area contributed by atoms with Gasteiger partial charge < -0.3 is 14.5 Å². The van der Waals surface area contributed by atoms with Crippen molar-refractivity contribution in [2.75, 3.05) is 61.1 Å². The number of sulfone groups is 1. The highest BCUT2D eigenvalue weighted by atomic mass is 35.5. The van der Waals surface area contributed by atoms with Crippen LogP contribution in [0, 0.1) is 0 Å². The van der Waals surface area contributed by atoms with Gasteiger partial charge in [0.05, 0.1) is 12.0 Å². The Bertz CT molecular complexity index is 1860. The molecule has 4 rings (SSSR count). The molecule has 0 fully saturated rings. The fourth-order valence-corrected chi connectivity index (χ4v) is 6.29. The van der Waals surface area contributed by atoms with Crippen LogP contribution in [0.25, 0.3) is 12.2 Å². The van der Waals surface area contributed by atoms with Gasteiger partial charge in [-0.05, 0) is 96.8 Å². The zero-order valence-corrected chi connectivity index (χ0v) is 32.6. The Balaban J connectivity index is 0.000000281. The molecule has 0 N–H and O–H groups in total. The molecule has 0 aliphatic rings. The third-order valence-electron chi connectivity index (χ3n) is 7.99. The Kier molecular flexibility index (Phi) is 17.7. The van der Waals surface area contributed by atoms with Gasteiger partial charge in [-0.25, -0.2) is 8.42 Å². The summed E-state index contributed by atoms with van der Waals surface area (Å²) in [6, 6.07) is 29.2. The molecule has 52 heavy (non-hydrogen) atoms. The Labute approximate surface area is 319 Å². The summed E-state index contributed by atoms with van der Waals surface area (Å²) in [7, 11) is -1.67. The van der Waals surface area contributed by atoms with E-state index in [2.05, 4.69) is 35.8 Å². The number of halogens is 2. The van der Waals surface area contributed by atoms with Crippen LogP contribution >= 0.6 is 23.2 Å². The smallest absolute Gasteiger partial charge is 0.185 e. The van der Waals surface area contributed by atoms with Gasteiger partial charge in [0.2, 0.25) is 0 Å². The molecule has 0 radical (unpaired) electrons. The molecule has 0 spiro atoms. The molecule has 0 amide bonds. The van der Waals surface area contributed by atoms with E-state index in [1.165, 1.54) is 30.3 Å². The van der Waals surface area contributed by atoms with Crippen LogP contribution in [-0.4, -0.2) is 71.3 Å². The first-order valence-corrected chi connectivity index (χ1v) is 20.2. The number of carbonyl (C=O) groups is 2. The molecule has 4 aromatic rings. The number of rotatable bonds is 18. The molecular weight excluding hydrogens is 715 g/mol. The lowest BCUT2D eigenvalue weighted by Crippen LogP contribution is -2.26. The van der Waals surface area contributed by atoms with E-state index < -0.39 is 9.84 Å². The number of ketones is 2. The first-order valence-electron chi connectivity index (χ1n) is 17.2. The second-order valence-electron chi connectivity index (χ2n) is 12.0. The quantitative estimate of drug-likeness (QED) is 0.0567. The van der Waals surface area contributed by atoms with Crippen molar-refractivity contribution in [3.8, 4) is 5.75 Å². The first-order chi connectivity index (χ1) is 25.0. The van der Waals surface area contributed by atoms with E-state index in [4.69, 9.17) is 27.9 Å². The molecule has 0 atom stereocenters. The largest absolute Gasteiger partial charge is 0.497 e. The summed E-state index contributed by atoms with van der Waals surface area (Å²) in [5.41, 5.74) is 5.23. The van der Waals surface area contributed by atoms with E-state index in [1.54, 1.807) is 31.4 Å². The van der Waals surface area contributed by atoms with Gasteiger partial charge in [0.25, 0.3) is 0 Å². The number of hydrogen-bond acceptors (Lipinski definition) is 7. The average Bonchev–Trinajstić information content (AvgIpc) is 3.16. The van der Waals surface area contributed by atoms with Gasteiger partial charge in [-0.1, -0.05) is 62.4 Å². The van der Waals surface area contributed by atoms with Gasteiger partial charge in [0, 0.05) is 66.7 Å². The fraction of sp³-hybridized carbons (Fsp3) is 0.286. The van der Waals surface area contributed by atoms with Crippen LogP contribution in [0.15, 0.2) is 114 Å². The lowest BCUT2D eigenvalue weighted by molar-refractivity contribution is 0.103. The maximum atomic E-state index is 12.3. The van der Waals surface area contributed by atoms with Crippen LogP contribution in [0.1, 0.15) is 58.5 Å². The third-order valence-corrected chi connectivity index (χ3v) is 9.45. The molecule has 0 aromatic heterocycles. The molecule has 7 nitrogen and oxygen atoms in total. The lowest BCUT2D eigenvalue weighted by atomic mass is 10.1. The molecule has 0 unspecified atom stereocenters. The number of allylic oxidation sites excluding steroid dienone is 2. The van der Waals surface area contributed by atoms with Crippen LogP contribution in [0.4, 0.5) is 11.4 Å². The van der Waals surface area contributed by atoms with Crippen molar-refractivity contribution < 1.29 is 22.7 Å². The molecule has 276 valence electrons. The second-order valence-corrected chi connectivity index (χ2v) is 14.7. The molecule has 0 bridgehead atoms. The zero-order chi connectivity index (χ0) is 37.9. The SMILES string of the molecule is CCCN(CCCl)c1ccc(/C=C/C(=O)c2ccc(S(C)(=O)=O)cc2)cc1.CCCN(CCCl)c1ccc(/C=C/C(=O)c2cccc(OC)c2)cc1. The highest BCUT2D eigenvalue weighted by Crippen LogP contribution is 2.19. The van der Waals surface area contributed by atoms with Crippen molar-refractivity contribution in [3.05, 3.63) is 131 Å². The maximum Gasteiger partial charge on any atom is 0.185 e. The highest BCUT2D eigenvalue weighted by Gasteiger charge is 2.09. The van der Waals surface area contributed by atoms with Crippen molar-refractivity contribution in [1.82, 2.24) is 0 Å². The van der Waals surface area contributed by atoms with Gasteiger partial charge in [-0.15, -0.1) is 23.2 Å². The normalized spacial score (nSPS) is 11.3. The van der Waals surface area contributed by atoms with Crippen molar-refractivity contribution in [2.24, 2.45) is 0 Å². The van der Waals surface area contributed by atoms with Gasteiger partial charge in [-0.2, -0.15) is 0 Å². The van der Waals surface area contributed by atoms with Gasteiger partial charge >= 0.3 is 0 Å². The van der Waals surface area contributed by atoms with Gasteiger partial charge in [0.1, 0.15) is 5.75 Å². The summed E-state index contributed by atoms with van der Waals surface area (Å²) < 4.78 is 28.1. The molecular formula is C42H48Cl2N2O5S. The average molecular weight is 764 g/mol. The number of methoxy groups -OCH3 is 1. The second kappa shape index (κ2) is 21.9.